The molecule has 0 saturated heterocycles. The molecule has 0 atom stereocenters. The van der Waals surface area contributed by atoms with Gasteiger partial charge < -0.3 is 14.2 Å². The Bertz CT molecular complexity index is 3170. The first kappa shape index (κ1) is 42.4. The maximum Gasteiger partial charge on any atom is 0.264 e. The quantitative estimate of drug-likeness (QED) is 0.164. The highest BCUT2D eigenvalue weighted by Crippen LogP contribution is 2.52. The van der Waals surface area contributed by atoms with Crippen molar-refractivity contribution in [3.05, 3.63) is 148 Å². The van der Waals surface area contributed by atoms with E-state index >= 15 is 0 Å². The van der Waals surface area contributed by atoms with Crippen molar-refractivity contribution in [2.45, 2.75) is 126 Å². The number of nitrogens with zero attached hydrogens (tertiary/aromatic N) is 2. The van der Waals surface area contributed by atoms with E-state index in [1.165, 1.54) is 110 Å². The van der Waals surface area contributed by atoms with Gasteiger partial charge >= 0.3 is 0 Å². The van der Waals surface area contributed by atoms with Crippen molar-refractivity contribution < 1.29 is 4.42 Å². The zero-order valence-corrected chi connectivity index (χ0v) is 41.5. The topological polar surface area (TPSA) is 19.6 Å². The number of para-hydroxylation sites is 1. The van der Waals surface area contributed by atoms with E-state index in [0.29, 0.717) is 5.92 Å². The molecule has 4 heterocycles. The molecule has 0 radical (unpaired) electrons. The number of fused-ring (bicyclic) bond motifs is 7. The van der Waals surface area contributed by atoms with E-state index in [0.717, 1.165) is 16.5 Å². The lowest BCUT2D eigenvalue weighted by Crippen LogP contribution is -2.60. The third-order valence-electron chi connectivity index (χ3n) is 14.2. The van der Waals surface area contributed by atoms with Crippen molar-refractivity contribution in [2.24, 2.45) is 0 Å². The molecule has 2 aliphatic rings. The standard InChI is InChI=1S/C59H63BN2OS/c1-33(2)38-28-48-52-49(29-38)62(54-36(5)26-42(27-37(54)6)59(13,14)15)55-44-30-40(57(7,8)9)21-23-51(44)64-56(55)60(52)46-31-41(58(10,11)12)20-22-47(46)61(48)53-34(3)24-39(25-35(53)4)45-32-63-50-19-17-16-18-43(45)50/h16-33H,1-15H3. The van der Waals surface area contributed by atoms with Gasteiger partial charge in [-0.1, -0.05) is 125 Å². The predicted molar refractivity (Wildman–Crippen MR) is 280 cm³/mol. The summed E-state index contributed by atoms with van der Waals surface area (Å²) >= 11 is 2.00. The summed E-state index contributed by atoms with van der Waals surface area (Å²) < 4.78 is 8.85. The van der Waals surface area contributed by atoms with Crippen LogP contribution in [0.25, 0.3) is 32.2 Å². The van der Waals surface area contributed by atoms with Crippen molar-refractivity contribution in [3.8, 4) is 11.1 Å². The highest BCUT2D eigenvalue weighted by atomic mass is 32.1. The third-order valence-corrected chi connectivity index (χ3v) is 15.4. The van der Waals surface area contributed by atoms with Gasteiger partial charge in [0.25, 0.3) is 6.71 Å². The van der Waals surface area contributed by atoms with Crippen molar-refractivity contribution in [1.82, 2.24) is 0 Å². The van der Waals surface area contributed by atoms with Gasteiger partial charge in [-0.25, -0.2) is 0 Å². The number of thiophene rings is 1. The molecule has 324 valence electrons. The SMILES string of the molecule is Cc1cc(-c2coc3ccccc23)cc(C)c1N1c2ccc(C(C)(C)C)cc2B2c3sc4ccc(C(C)(C)C)cc4c3N(c3c(C)cc(C(C)(C)C)cc3C)c3cc(C(C)C)cc1c32. The van der Waals surface area contributed by atoms with Crippen LogP contribution in [-0.2, 0) is 16.2 Å². The summed E-state index contributed by atoms with van der Waals surface area (Å²) in [7, 11) is 0. The molecule has 0 unspecified atom stereocenters. The van der Waals surface area contributed by atoms with Gasteiger partial charge in [0, 0.05) is 42.9 Å². The van der Waals surface area contributed by atoms with Gasteiger partial charge in [0.2, 0.25) is 0 Å². The number of anilines is 6. The van der Waals surface area contributed by atoms with Crippen LogP contribution in [0.2, 0.25) is 0 Å². The molecule has 0 fully saturated rings. The molecule has 0 bridgehead atoms. The molecule has 5 heteroatoms. The van der Waals surface area contributed by atoms with Gasteiger partial charge in [-0.3, -0.25) is 0 Å². The Balaban J connectivity index is 1.33. The lowest BCUT2D eigenvalue weighted by atomic mass is 9.36. The predicted octanol–water partition coefficient (Wildman–Crippen LogP) is 15.6. The molecular formula is C59H63BN2OS. The fourth-order valence-electron chi connectivity index (χ4n) is 10.7. The number of aryl methyl sites for hydroxylation is 4. The van der Waals surface area contributed by atoms with E-state index < -0.39 is 0 Å². The highest BCUT2D eigenvalue weighted by Gasteiger charge is 2.47. The lowest BCUT2D eigenvalue weighted by molar-refractivity contribution is 0.589. The van der Waals surface area contributed by atoms with E-state index in [1.54, 1.807) is 0 Å². The molecule has 2 aliphatic heterocycles. The molecule has 0 saturated carbocycles. The smallest absolute Gasteiger partial charge is 0.264 e. The number of hydrogen-bond donors (Lipinski definition) is 0. The zero-order valence-electron chi connectivity index (χ0n) is 40.7. The average molecular weight is 859 g/mol. The normalized spacial score (nSPS) is 13.9. The van der Waals surface area contributed by atoms with E-state index in [1.807, 2.05) is 23.7 Å². The fraction of sp³-hybridized carbons (Fsp3) is 0.322. The van der Waals surface area contributed by atoms with Crippen LogP contribution in [0.1, 0.15) is 127 Å². The Hall–Kier alpha value is -5.52. The van der Waals surface area contributed by atoms with Crippen LogP contribution in [0.15, 0.2) is 108 Å². The summed E-state index contributed by atoms with van der Waals surface area (Å²) in [4.78, 5) is 5.35. The first-order chi connectivity index (χ1) is 30.1. The fourth-order valence-corrected chi connectivity index (χ4v) is 12.0. The molecule has 10 rings (SSSR count). The molecule has 3 nitrogen and oxygen atoms in total. The summed E-state index contributed by atoms with van der Waals surface area (Å²) in [5.74, 6) is 0.311. The van der Waals surface area contributed by atoms with Crippen LogP contribution in [0.5, 0.6) is 0 Å². The minimum atomic E-state index is -0.0281. The Labute approximate surface area is 386 Å². The van der Waals surface area contributed by atoms with Crippen molar-refractivity contribution in [1.29, 1.82) is 0 Å². The molecule has 0 spiro atoms. The highest BCUT2D eigenvalue weighted by molar-refractivity contribution is 7.33. The Morgan fingerprint density at radius 1 is 0.547 bits per heavy atom. The van der Waals surface area contributed by atoms with Crippen LogP contribution in [0, 0.1) is 27.7 Å². The molecular weight excluding hydrogens is 796 g/mol. The number of rotatable bonds is 4. The van der Waals surface area contributed by atoms with Crippen LogP contribution in [0.3, 0.4) is 0 Å². The largest absolute Gasteiger partial charge is 0.464 e. The Morgan fingerprint density at radius 2 is 1.11 bits per heavy atom. The second-order valence-corrected chi connectivity index (χ2v) is 23.4. The van der Waals surface area contributed by atoms with Crippen LogP contribution < -0.4 is 25.5 Å². The van der Waals surface area contributed by atoms with E-state index in [-0.39, 0.29) is 23.0 Å². The van der Waals surface area contributed by atoms with Gasteiger partial charge in [0.1, 0.15) is 5.58 Å². The first-order valence-electron chi connectivity index (χ1n) is 23.3. The lowest BCUT2D eigenvalue weighted by Gasteiger charge is -2.45. The van der Waals surface area contributed by atoms with E-state index in [9.17, 15) is 0 Å². The molecule has 6 aromatic carbocycles. The molecule has 8 aromatic rings. The van der Waals surface area contributed by atoms with Crippen LogP contribution in [-0.4, -0.2) is 6.71 Å². The van der Waals surface area contributed by atoms with E-state index in [4.69, 9.17) is 4.42 Å². The number of benzene rings is 6. The summed E-state index contributed by atoms with van der Waals surface area (Å²) in [6.45, 7) is 35.1. The van der Waals surface area contributed by atoms with E-state index in [2.05, 4.69) is 205 Å². The molecule has 0 N–H and O–H groups in total. The Kier molecular flexibility index (Phi) is 9.61. The Morgan fingerprint density at radius 3 is 1.73 bits per heavy atom. The van der Waals surface area contributed by atoms with Crippen LogP contribution >= 0.6 is 11.3 Å². The minimum Gasteiger partial charge on any atom is -0.464 e. The number of furan rings is 1. The van der Waals surface area contributed by atoms with Crippen molar-refractivity contribution >= 4 is 88.9 Å². The molecule has 0 amide bonds. The second kappa shape index (κ2) is 14.5. The molecule has 2 aromatic heterocycles. The summed E-state index contributed by atoms with van der Waals surface area (Å²) in [5.41, 5.74) is 24.2. The van der Waals surface area contributed by atoms with Gasteiger partial charge in [-0.15, -0.1) is 11.3 Å². The zero-order chi connectivity index (χ0) is 45.5. The maximum atomic E-state index is 6.09. The first-order valence-corrected chi connectivity index (χ1v) is 24.1. The summed E-state index contributed by atoms with van der Waals surface area (Å²) in [6.07, 6.45) is 1.93. The average Bonchev–Trinajstić information content (AvgIpc) is 3.82. The summed E-state index contributed by atoms with van der Waals surface area (Å²) in [6, 6.07) is 37.8. The van der Waals surface area contributed by atoms with Crippen molar-refractivity contribution in [3.63, 3.8) is 0 Å². The van der Waals surface area contributed by atoms with Gasteiger partial charge in [0.15, 0.2) is 0 Å². The number of hydrogen-bond acceptors (Lipinski definition) is 4. The van der Waals surface area contributed by atoms with Crippen molar-refractivity contribution in [2.75, 3.05) is 9.80 Å². The van der Waals surface area contributed by atoms with Gasteiger partial charge in [-0.05, 0) is 159 Å². The second-order valence-electron chi connectivity index (χ2n) is 22.3. The third kappa shape index (κ3) is 6.59. The van der Waals surface area contributed by atoms with Gasteiger partial charge in [-0.2, -0.15) is 0 Å². The van der Waals surface area contributed by atoms with Crippen LogP contribution in [0.4, 0.5) is 34.1 Å². The minimum absolute atomic E-state index is 0.00805. The maximum absolute atomic E-state index is 6.09. The van der Waals surface area contributed by atoms with Gasteiger partial charge in [0.05, 0.1) is 23.3 Å². The molecule has 0 aliphatic carbocycles. The molecule has 64 heavy (non-hydrogen) atoms. The summed E-state index contributed by atoms with van der Waals surface area (Å²) in [5, 5.41) is 2.49. The monoisotopic (exact) mass is 858 g/mol.